The predicted molar refractivity (Wildman–Crippen MR) is 134 cm³/mol. The molecule has 0 bridgehead atoms. The van der Waals surface area contributed by atoms with Gasteiger partial charge >= 0.3 is 16.2 Å². The Labute approximate surface area is 222 Å². The van der Waals surface area contributed by atoms with Crippen molar-refractivity contribution in [3.05, 3.63) is 41.5 Å². The molecule has 1 aromatic carbocycles. The van der Waals surface area contributed by atoms with Crippen LogP contribution in [-0.2, 0) is 31.0 Å². The van der Waals surface area contributed by atoms with E-state index in [1.807, 2.05) is 11.6 Å². The number of thioether (sulfide) groups is 1. The molecule has 1 aliphatic heterocycles. The molecule has 2 atom stereocenters. The van der Waals surface area contributed by atoms with Gasteiger partial charge < -0.3 is 15.2 Å². The molecule has 0 unspecified atom stereocenters. The minimum Gasteiger partial charge on any atom is -0.479 e. The number of carboxylic acid groups (broad SMARTS) is 1. The Bertz CT molecular complexity index is 1380. The number of anilines is 1. The minimum atomic E-state index is -4.75. The molecular formula is C20H26F2N6O7S3. The summed E-state index contributed by atoms with van der Waals surface area (Å²) in [5.74, 6) is -4.46. The van der Waals surface area contributed by atoms with E-state index in [1.165, 1.54) is 19.1 Å². The summed E-state index contributed by atoms with van der Waals surface area (Å²) in [5.41, 5.74) is -0.0277. The number of ether oxygens (including phenoxy) is 1. The standard InChI is InChI=1S/C20H26F2N6O7S3/c1-3-14-10-28(8-7-23-14)38(33,34)27-37(31,32)26-16-9-17(35-12(2)19(29)30)25-20(24-16)36-11-13-5-4-6-15(21)18(13)22/h4-6,9,12,14,23,27H,3,7-8,10-11H2,1-2H3,(H,29,30)(H,24,25,26)/t12-,14-/m1/s1. The molecule has 18 heteroatoms. The number of carbonyl (C=O) groups is 1. The summed E-state index contributed by atoms with van der Waals surface area (Å²) >= 11 is 0.780. The first-order valence-electron chi connectivity index (χ1n) is 11.2. The molecule has 0 radical (unpaired) electrons. The average molecular weight is 597 g/mol. The number of nitrogens with one attached hydrogen (secondary N) is 3. The van der Waals surface area contributed by atoms with E-state index in [1.54, 1.807) is 4.13 Å². The molecule has 1 aromatic heterocycles. The Balaban J connectivity index is 1.83. The van der Waals surface area contributed by atoms with Gasteiger partial charge in [-0.25, -0.2) is 18.6 Å². The zero-order chi connectivity index (χ0) is 28.1. The van der Waals surface area contributed by atoms with Crippen molar-refractivity contribution in [1.29, 1.82) is 0 Å². The van der Waals surface area contributed by atoms with E-state index in [4.69, 9.17) is 9.84 Å². The lowest BCUT2D eigenvalue weighted by atomic mass is 10.2. The van der Waals surface area contributed by atoms with E-state index >= 15 is 0 Å². The van der Waals surface area contributed by atoms with Gasteiger partial charge in [0.05, 0.1) is 0 Å². The van der Waals surface area contributed by atoms with Crippen LogP contribution in [0.5, 0.6) is 5.88 Å². The van der Waals surface area contributed by atoms with E-state index in [9.17, 15) is 30.4 Å². The van der Waals surface area contributed by atoms with E-state index < -0.39 is 49.9 Å². The van der Waals surface area contributed by atoms with Gasteiger partial charge in [-0.3, -0.25) is 4.72 Å². The second-order valence-corrected chi connectivity index (χ2v) is 12.4. The highest BCUT2D eigenvalue weighted by molar-refractivity contribution is 8.04. The van der Waals surface area contributed by atoms with Crippen LogP contribution in [0.2, 0.25) is 0 Å². The zero-order valence-corrected chi connectivity index (χ0v) is 22.7. The van der Waals surface area contributed by atoms with E-state index in [0.717, 1.165) is 28.2 Å². The van der Waals surface area contributed by atoms with Crippen LogP contribution in [0.25, 0.3) is 0 Å². The molecule has 4 N–H and O–H groups in total. The fraction of sp³-hybridized carbons (Fsp3) is 0.450. The van der Waals surface area contributed by atoms with Crippen LogP contribution in [0.1, 0.15) is 25.8 Å². The van der Waals surface area contributed by atoms with E-state index in [0.29, 0.717) is 13.0 Å². The molecular weight excluding hydrogens is 570 g/mol. The minimum absolute atomic E-state index is 0.0277. The Morgan fingerprint density at radius 2 is 2.05 bits per heavy atom. The molecule has 1 aliphatic rings. The van der Waals surface area contributed by atoms with Gasteiger partial charge in [0.15, 0.2) is 22.9 Å². The van der Waals surface area contributed by atoms with Crippen LogP contribution >= 0.6 is 11.8 Å². The lowest BCUT2D eigenvalue weighted by molar-refractivity contribution is -0.144. The number of benzene rings is 1. The molecule has 3 rings (SSSR count). The normalized spacial score (nSPS) is 17.6. The van der Waals surface area contributed by atoms with Crippen LogP contribution in [0.15, 0.2) is 29.4 Å². The second kappa shape index (κ2) is 12.5. The predicted octanol–water partition coefficient (Wildman–Crippen LogP) is 1.07. The third-order valence-corrected chi connectivity index (χ3v) is 9.33. The first kappa shape index (κ1) is 29.9. The summed E-state index contributed by atoms with van der Waals surface area (Å²) in [7, 11) is -9.21. The lowest BCUT2D eigenvalue weighted by Crippen LogP contribution is -2.56. The number of aliphatic carboxylic acids is 1. The van der Waals surface area contributed by atoms with Crippen molar-refractivity contribution in [3.8, 4) is 5.88 Å². The van der Waals surface area contributed by atoms with Crippen LogP contribution in [0.3, 0.4) is 0 Å². The number of carboxylic acids is 1. The molecule has 2 heterocycles. The Hall–Kier alpha value is -2.64. The highest BCUT2D eigenvalue weighted by Gasteiger charge is 2.32. The van der Waals surface area contributed by atoms with Gasteiger partial charge in [0.2, 0.25) is 5.88 Å². The first-order chi connectivity index (χ1) is 17.8. The Morgan fingerprint density at radius 1 is 1.32 bits per heavy atom. The van der Waals surface area contributed by atoms with E-state index in [-0.39, 0.29) is 41.5 Å². The van der Waals surface area contributed by atoms with Crippen LogP contribution < -0.4 is 18.9 Å². The van der Waals surface area contributed by atoms with Crippen molar-refractivity contribution in [2.75, 3.05) is 24.4 Å². The van der Waals surface area contributed by atoms with Crippen molar-refractivity contribution in [2.24, 2.45) is 0 Å². The lowest BCUT2D eigenvalue weighted by Gasteiger charge is -2.32. The number of rotatable bonds is 12. The van der Waals surface area contributed by atoms with Crippen molar-refractivity contribution in [1.82, 2.24) is 23.7 Å². The fourth-order valence-corrected chi connectivity index (χ4v) is 6.86. The summed E-state index contributed by atoms with van der Waals surface area (Å²) in [6.07, 6.45) is -0.749. The number of halogens is 2. The van der Waals surface area contributed by atoms with Crippen molar-refractivity contribution >= 4 is 44.0 Å². The largest absolute Gasteiger partial charge is 0.479 e. The highest BCUT2D eigenvalue weighted by Crippen LogP contribution is 2.26. The second-order valence-electron chi connectivity index (χ2n) is 8.09. The first-order valence-corrected chi connectivity index (χ1v) is 15.1. The highest BCUT2D eigenvalue weighted by atomic mass is 32.3. The van der Waals surface area contributed by atoms with Crippen LogP contribution in [0.4, 0.5) is 14.6 Å². The molecule has 2 aromatic rings. The number of piperazine rings is 1. The number of hydrogen-bond donors (Lipinski definition) is 4. The Kier molecular flexibility index (Phi) is 9.82. The van der Waals surface area contributed by atoms with Gasteiger partial charge in [-0.15, -0.1) is 0 Å². The zero-order valence-electron chi connectivity index (χ0n) is 20.2. The third-order valence-electron chi connectivity index (χ3n) is 5.22. The van der Waals surface area contributed by atoms with Crippen LogP contribution in [0, 0.1) is 11.6 Å². The molecule has 210 valence electrons. The molecule has 0 saturated carbocycles. The SMILES string of the molecule is CC[C@@H]1CN(S(=O)(=O)NS(=O)(=O)Nc2cc(O[C@H](C)C(=O)O)nc(SCc3cccc(F)c3F)n2)CCN1. The fourth-order valence-electron chi connectivity index (χ4n) is 3.25. The van der Waals surface area contributed by atoms with Gasteiger partial charge in [0.25, 0.3) is 10.2 Å². The Morgan fingerprint density at radius 3 is 2.74 bits per heavy atom. The van der Waals surface area contributed by atoms with Crippen LogP contribution in [-0.4, -0.2) is 74.0 Å². The smallest absolute Gasteiger partial charge is 0.344 e. The summed E-state index contributed by atoms with van der Waals surface area (Å²) in [5, 5.41) is 12.1. The average Bonchev–Trinajstić information content (AvgIpc) is 2.83. The molecule has 13 nitrogen and oxygen atoms in total. The van der Waals surface area contributed by atoms with Gasteiger partial charge in [0, 0.05) is 43.1 Å². The molecule has 0 spiro atoms. The maximum atomic E-state index is 14.0. The van der Waals surface area contributed by atoms with Crippen molar-refractivity contribution < 1.29 is 40.3 Å². The van der Waals surface area contributed by atoms with Gasteiger partial charge in [-0.1, -0.05) is 34.9 Å². The van der Waals surface area contributed by atoms with Gasteiger partial charge in [0.1, 0.15) is 5.82 Å². The maximum absolute atomic E-state index is 14.0. The third kappa shape index (κ3) is 8.18. The van der Waals surface area contributed by atoms with Crippen molar-refractivity contribution in [2.45, 2.75) is 43.3 Å². The summed E-state index contributed by atoms with van der Waals surface area (Å²) in [4.78, 5) is 19.1. The molecule has 1 saturated heterocycles. The number of nitrogens with zero attached hydrogens (tertiary/aromatic N) is 3. The molecule has 38 heavy (non-hydrogen) atoms. The molecule has 0 amide bonds. The van der Waals surface area contributed by atoms with Crippen molar-refractivity contribution in [3.63, 3.8) is 0 Å². The summed E-state index contributed by atoms with van der Waals surface area (Å²) in [6, 6.07) is 4.39. The molecule has 0 aliphatic carbocycles. The summed E-state index contributed by atoms with van der Waals surface area (Å²) < 4.78 is 88.1. The monoisotopic (exact) mass is 596 g/mol. The van der Waals surface area contributed by atoms with E-state index in [2.05, 4.69) is 15.3 Å². The molecule has 1 fully saturated rings. The summed E-state index contributed by atoms with van der Waals surface area (Å²) in [6.45, 7) is 3.52. The van der Waals surface area contributed by atoms with Gasteiger partial charge in [-0.2, -0.15) is 26.1 Å². The maximum Gasteiger partial charge on any atom is 0.344 e. The quantitative estimate of drug-likeness (QED) is 0.203. The number of hydrogen-bond acceptors (Lipinski definition) is 10. The topological polar surface area (TPSA) is 180 Å². The number of aromatic nitrogens is 2. The van der Waals surface area contributed by atoms with Gasteiger partial charge in [-0.05, 0) is 19.4 Å².